The van der Waals surface area contributed by atoms with Crippen LogP contribution in [0.4, 0.5) is 0 Å². The van der Waals surface area contributed by atoms with Crippen LogP contribution in [0.3, 0.4) is 0 Å². The van der Waals surface area contributed by atoms with Gasteiger partial charge in [0.1, 0.15) is 0 Å². The van der Waals surface area contributed by atoms with Gasteiger partial charge in [-0.3, -0.25) is 14.8 Å². The predicted molar refractivity (Wildman–Crippen MR) is 117 cm³/mol. The van der Waals surface area contributed by atoms with Crippen LogP contribution in [0.15, 0.2) is 48.5 Å². The lowest BCUT2D eigenvalue weighted by atomic mass is 9.77. The molecular weight excluding hydrogens is 390 g/mol. The number of hydrogen-bond acceptors (Lipinski definition) is 4. The number of fused-ring (bicyclic) bond motifs is 4. The maximum Gasteiger partial charge on any atom is 0.277 e. The number of hydrogen-bond donors (Lipinski definition) is 2. The minimum atomic E-state index is -0.439. The van der Waals surface area contributed by atoms with Crippen molar-refractivity contribution < 1.29 is 14.8 Å². The Bertz CT molecular complexity index is 993. The number of carbonyl (C=O) groups excluding carboxylic acids is 2. The van der Waals surface area contributed by atoms with Crippen molar-refractivity contribution in [1.82, 2.24) is 15.3 Å². The first-order valence-corrected chi connectivity index (χ1v) is 11.3. The van der Waals surface area contributed by atoms with Gasteiger partial charge in [0, 0.05) is 18.2 Å². The van der Waals surface area contributed by atoms with Crippen molar-refractivity contribution in [3.8, 4) is 0 Å². The van der Waals surface area contributed by atoms with Crippen LogP contribution in [0.25, 0.3) is 0 Å². The Morgan fingerprint density at radius 2 is 2.03 bits per heavy atom. The minimum absolute atomic E-state index is 0.0701. The molecule has 3 aliphatic rings. The summed E-state index contributed by atoms with van der Waals surface area (Å²) in [5, 5.41) is 14.9. The van der Waals surface area contributed by atoms with Crippen molar-refractivity contribution >= 4 is 11.8 Å². The average Bonchev–Trinajstić information content (AvgIpc) is 2.83. The molecule has 31 heavy (non-hydrogen) atoms. The van der Waals surface area contributed by atoms with Gasteiger partial charge in [-0.05, 0) is 68.0 Å². The molecule has 2 amide bonds. The van der Waals surface area contributed by atoms with Crippen LogP contribution < -0.4 is 5.32 Å². The first-order valence-electron chi connectivity index (χ1n) is 11.3. The van der Waals surface area contributed by atoms with Crippen LogP contribution in [0.5, 0.6) is 0 Å². The Morgan fingerprint density at radius 1 is 1.23 bits per heavy atom. The second-order valence-corrected chi connectivity index (χ2v) is 8.99. The highest BCUT2D eigenvalue weighted by atomic mass is 16.5. The quantitative estimate of drug-likeness (QED) is 0.590. The first-order chi connectivity index (χ1) is 15.0. The monoisotopic (exact) mass is 419 g/mol. The molecule has 2 N–H and O–H groups in total. The Labute approximate surface area is 182 Å². The maximum absolute atomic E-state index is 13.1. The fourth-order valence-electron chi connectivity index (χ4n) is 5.49. The van der Waals surface area contributed by atoms with Crippen LogP contribution in [0.2, 0.25) is 0 Å². The van der Waals surface area contributed by atoms with Crippen LogP contribution in [-0.2, 0) is 11.2 Å². The van der Waals surface area contributed by atoms with E-state index in [4.69, 9.17) is 0 Å². The molecule has 0 radical (unpaired) electrons. The SMILES string of the molecule is C[C@H](c1ccccc1)N(O)C(=O)c1ccc2c(c1)CCN1C(=O)[C@@H]3CCCN[C@@H]3C[C@@H]21. The molecule has 0 aromatic heterocycles. The van der Waals surface area contributed by atoms with E-state index in [2.05, 4.69) is 5.32 Å². The van der Waals surface area contributed by atoms with Gasteiger partial charge in [-0.25, -0.2) is 5.06 Å². The number of nitrogens with one attached hydrogen (secondary N) is 1. The van der Waals surface area contributed by atoms with Gasteiger partial charge in [-0.15, -0.1) is 0 Å². The summed E-state index contributed by atoms with van der Waals surface area (Å²) in [5.74, 6) is -0.0254. The van der Waals surface area contributed by atoms with Gasteiger partial charge < -0.3 is 10.2 Å². The summed E-state index contributed by atoms with van der Waals surface area (Å²) in [7, 11) is 0. The van der Waals surface area contributed by atoms with Crippen molar-refractivity contribution in [2.24, 2.45) is 5.92 Å². The standard InChI is InChI=1S/C25H29N3O3/c1-16(17-6-3-2-4-7-17)28(31)24(29)19-9-10-20-18(14-19)11-13-27-23(20)15-22-21(25(27)30)8-5-12-26-22/h2-4,6-7,9-10,14,16,21-23,26,31H,5,8,11-13,15H2,1H3/t16-,21-,22-,23+/m1/s1. The lowest BCUT2D eigenvalue weighted by Crippen LogP contribution is -2.57. The topological polar surface area (TPSA) is 72.9 Å². The molecule has 3 heterocycles. The largest absolute Gasteiger partial charge is 0.335 e. The highest BCUT2D eigenvalue weighted by molar-refractivity contribution is 5.94. The molecule has 0 saturated carbocycles. The van der Waals surface area contributed by atoms with E-state index < -0.39 is 11.9 Å². The molecule has 0 spiro atoms. The summed E-state index contributed by atoms with van der Waals surface area (Å²) < 4.78 is 0. The summed E-state index contributed by atoms with van der Waals surface area (Å²) in [4.78, 5) is 28.1. The molecule has 3 aliphatic heterocycles. The molecule has 6 heteroatoms. The predicted octanol–water partition coefficient (Wildman–Crippen LogP) is 3.48. The molecule has 0 bridgehead atoms. The van der Waals surface area contributed by atoms with Gasteiger partial charge >= 0.3 is 0 Å². The van der Waals surface area contributed by atoms with Crippen molar-refractivity contribution in [2.75, 3.05) is 13.1 Å². The molecule has 2 fully saturated rings. The maximum atomic E-state index is 13.1. The molecule has 162 valence electrons. The zero-order valence-corrected chi connectivity index (χ0v) is 17.8. The van der Waals surface area contributed by atoms with Crippen LogP contribution in [0.1, 0.15) is 65.3 Å². The van der Waals surface area contributed by atoms with Crippen LogP contribution in [0, 0.1) is 5.92 Å². The number of piperidine rings is 2. The van der Waals surface area contributed by atoms with E-state index in [1.807, 2.05) is 54.3 Å². The lowest BCUT2D eigenvalue weighted by Gasteiger charge is -2.48. The molecular formula is C25H29N3O3. The normalized spacial score (nSPS) is 25.8. The number of amides is 2. The molecule has 4 atom stereocenters. The van der Waals surface area contributed by atoms with Gasteiger partial charge in [-0.2, -0.15) is 0 Å². The zero-order chi connectivity index (χ0) is 21.5. The van der Waals surface area contributed by atoms with E-state index in [1.165, 1.54) is 0 Å². The summed E-state index contributed by atoms with van der Waals surface area (Å²) >= 11 is 0. The molecule has 0 unspecified atom stereocenters. The fraction of sp³-hybridized carbons (Fsp3) is 0.440. The van der Waals surface area contributed by atoms with E-state index in [1.54, 1.807) is 6.07 Å². The third kappa shape index (κ3) is 3.54. The van der Waals surface area contributed by atoms with Crippen molar-refractivity contribution in [3.63, 3.8) is 0 Å². The molecule has 2 aromatic rings. The zero-order valence-electron chi connectivity index (χ0n) is 17.8. The van der Waals surface area contributed by atoms with Crippen molar-refractivity contribution in [1.29, 1.82) is 0 Å². The molecule has 2 saturated heterocycles. The molecule has 5 rings (SSSR count). The highest BCUT2D eigenvalue weighted by Gasteiger charge is 2.45. The fourth-order valence-corrected chi connectivity index (χ4v) is 5.49. The average molecular weight is 420 g/mol. The molecule has 6 nitrogen and oxygen atoms in total. The Hall–Kier alpha value is -2.70. The lowest BCUT2D eigenvalue weighted by molar-refractivity contribution is -0.145. The number of rotatable bonds is 3. The Kier molecular flexibility index (Phi) is 5.28. The van der Waals surface area contributed by atoms with Gasteiger partial charge in [-0.1, -0.05) is 36.4 Å². The van der Waals surface area contributed by atoms with E-state index in [9.17, 15) is 14.8 Å². The number of hydroxylamine groups is 2. The van der Waals surface area contributed by atoms with Crippen LogP contribution >= 0.6 is 0 Å². The second-order valence-electron chi connectivity index (χ2n) is 8.99. The van der Waals surface area contributed by atoms with Gasteiger partial charge in [0.05, 0.1) is 18.0 Å². The Morgan fingerprint density at radius 3 is 2.84 bits per heavy atom. The number of nitrogens with zero attached hydrogens (tertiary/aromatic N) is 2. The summed E-state index contributed by atoms with van der Waals surface area (Å²) in [6, 6.07) is 15.0. The highest BCUT2D eigenvalue weighted by Crippen LogP contribution is 2.41. The van der Waals surface area contributed by atoms with Crippen molar-refractivity contribution in [2.45, 2.75) is 50.7 Å². The third-order valence-electron chi connectivity index (χ3n) is 7.27. The molecule has 0 aliphatic carbocycles. The minimum Gasteiger partial charge on any atom is -0.335 e. The Balaban J connectivity index is 1.38. The summed E-state index contributed by atoms with van der Waals surface area (Å²) in [6.07, 6.45) is 3.70. The van der Waals surface area contributed by atoms with Crippen LogP contribution in [-0.4, -0.2) is 46.1 Å². The second kappa shape index (κ2) is 8.09. The van der Waals surface area contributed by atoms with E-state index >= 15 is 0 Å². The van der Waals surface area contributed by atoms with E-state index in [0.29, 0.717) is 12.1 Å². The summed E-state index contributed by atoms with van der Waals surface area (Å²) in [6.45, 7) is 3.48. The van der Waals surface area contributed by atoms with Gasteiger partial charge in [0.2, 0.25) is 5.91 Å². The number of benzene rings is 2. The van der Waals surface area contributed by atoms with Crippen molar-refractivity contribution in [3.05, 3.63) is 70.8 Å². The van der Waals surface area contributed by atoms with Gasteiger partial charge in [0.25, 0.3) is 5.91 Å². The van der Waals surface area contributed by atoms with Gasteiger partial charge in [0.15, 0.2) is 0 Å². The molecule has 2 aromatic carbocycles. The van der Waals surface area contributed by atoms with E-state index in [0.717, 1.165) is 54.0 Å². The van der Waals surface area contributed by atoms with E-state index in [-0.39, 0.29) is 23.9 Å². The summed E-state index contributed by atoms with van der Waals surface area (Å²) in [5.41, 5.74) is 3.60. The third-order valence-corrected chi connectivity index (χ3v) is 7.27. The smallest absolute Gasteiger partial charge is 0.277 e. The number of carbonyl (C=O) groups is 2. The first kappa shape index (κ1) is 20.2.